The van der Waals surface area contributed by atoms with Gasteiger partial charge in [-0.1, -0.05) is 36.7 Å². The summed E-state index contributed by atoms with van der Waals surface area (Å²) in [5, 5.41) is 3.34. The molecule has 0 unspecified atom stereocenters. The van der Waals surface area contributed by atoms with Crippen LogP contribution in [0, 0.1) is 0 Å². The second-order valence-corrected chi connectivity index (χ2v) is 3.25. The van der Waals surface area contributed by atoms with E-state index in [0.29, 0.717) is 22.2 Å². The molecule has 1 N–H and O–H groups in total. The van der Waals surface area contributed by atoms with Crippen molar-refractivity contribution >= 4 is 29.1 Å². The van der Waals surface area contributed by atoms with Gasteiger partial charge in [0.2, 0.25) is 0 Å². The van der Waals surface area contributed by atoms with Gasteiger partial charge in [0.15, 0.2) is 0 Å². The maximum atomic E-state index is 11.4. The van der Waals surface area contributed by atoms with Crippen LogP contribution in [0.2, 0.25) is 10.0 Å². The summed E-state index contributed by atoms with van der Waals surface area (Å²) in [5.41, 5.74) is 0.413. The Balaban J connectivity index is 0.00000169. The van der Waals surface area contributed by atoms with Crippen molar-refractivity contribution in [3.63, 3.8) is 0 Å². The van der Waals surface area contributed by atoms with E-state index in [-0.39, 0.29) is 13.3 Å². The van der Waals surface area contributed by atoms with Crippen LogP contribution in [0.15, 0.2) is 18.2 Å². The maximum Gasteiger partial charge on any atom is 0.252 e. The molecule has 0 saturated carbocycles. The first-order chi connectivity index (χ1) is 6.16. The minimum atomic E-state index is -0.199. The minimum Gasteiger partial charge on any atom is -0.352 e. The fourth-order valence-electron chi connectivity index (χ4n) is 0.935. The first kappa shape index (κ1) is 13.3. The number of nitrogens with one attached hydrogen (secondary N) is 1. The van der Waals surface area contributed by atoms with Crippen molar-refractivity contribution in [2.24, 2.45) is 0 Å². The van der Waals surface area contributed by atoms with Crippen LogP contribution in [0.1, 0.15) is 24.7 Å². The Hall–Kier alpha value is -0.730. The van der Waals surface area contributed by atoms with Crippen molar-refractivity contribution in [3.05, 3.63) is 33.8 Å². The van der Waals surface area contributed by atoms with Gasteiger partial charge in [0.05, 0.1) is 15.6 Å². The van der Waals surface area contributed by atoms with Gasteiger partial charge < -0.3 is 5.32 Å². The van der Waals surface area contributed by atoms with Gasteiger partial charge >= 0.3 is 0 Å². The summed E-state index contributed by atoms with van der Waals surface area (Å²) < 4.78 is 0. The summed E-state index contributed by atoms with van der Waals surface area (Å²) in [4.78, 5) is 11.4. The smallest absolute Gasteiger partial charge is 0.252 e. The molecule has 0 spiro atoms. The van der Waals surface area contributed by atoms with Crippen LogP contribution < -0.4 is 5.32 Å². The van der Waals surface area contributed by atoms with Gasteiger partial charge in [0, 0.05) is 6.54 Å². The van der Waals surface area contributed by atoms with E-state index >= 15 is 0 Å². The standard InChI is InChI=1S/C9H9Cl2NO.CH4/c1-2-12-9(13)6-4-3-5-7(10)8(6)11;/h3-5H,2H2,1H3,(H,12,13);1H4. The van der Waals surface area contributed by atoms with E-state index in [1.165, 1.54) is 0 Å². The number of amides is 1. The molecule has 1 amide bonds. The Morgan fingerprint density at radius 2 is 2.07 bits per heavy atom. The third-order valence-corrected chi connectivity index (χ3v) is 2.35. The second kappa shape index (κ2) is 5.89. The molecule has 0 aliphatic carbocycles. The molecule has 0 fully saturated rings. The summed E-state index contributed by atoms with van der Waals surface area (Å²) in [6.07, 6.45) is 0. The maximum absolute atomic E-state index is 11.4. The first-order valence-corrected chi connectivity index (χ1v) is 4.64. The summed E-state index contributed by atoms with van der Waals surface area (Å²) in [6.45, 7) is 2.41. The topological polar surface area (TPSA) is 29.1 Å². The lowest BCUT2D eigenvalue weighted by Gasteiger charge is -2.04. The van der Waals surface area contributed by atoms with Gasteiger partial charge in [0.1, 0.15) is 0 Å². The quantitative estimate of drug-likeness (QED) is 0.834. The van der Waals surface area contributed by atoms with E-state index < -0.39 is 0 Å². The fourth-order valence-corrected chi connectivity index (χ4v) is 1.32. The molecule has 0 aromatic heterocycles. The van der Waals surface area contributed by atoms with Crippen molar-refractivity contribution in [1.29, 1.82) is 0 Å². The van der Waals surface area contributed by atoms with Crippen molar-refractivity contribution in [1.82, 2.24) is 5.32 Å². The molecule has 0 radical (unpaired) electrons. The first-order valence-electron chi connectivity index (χ1n) is 3.89. The molecule has 4 heteroatoms. The lowest BCUT2D eigenvalue weighted by molar-refractivity contribution is 0.0956. The van der Waals surface area contributed by atoms with Gasteiger partial charge in [-0.05, 0) is 19.1 Å². The van der Waals surface area contributed by atoms with Gasteiger partial charge in [-0.25, -0.2) is 0 Å². The van der Waals surface area contributed by atoms with Crippen LogP contribution in [-0.4, -0.2) is 12.5 Å². The van der Waals surface area contributed by atoms with Crippen LogP contribution in [-0.2, 0) is 0 Å². The molecule has 0 bridgehead atoms. The molecule has 2 nitrogen and oxygen atoms in total. The molecule has 1 rings (SSSR count). The Kier molecular flexibility index (Phi) is 5.58. The van der Waals surface area contributed by atoms with Crippen LogP contribution in [0.5, 0.6) is 0 Å². The van der Waals surface area contributed by atoms with Crippen LogP contribution in [0.25, 0.3) is 0 Å². The van der Waals surface area contributed by atoms with Gasteiger partial charge in [-0.3, -0.25) is 4.79 Å². The summed E-state index contributed by atoms with van der Waals surface area (Å²) in [5.74, 6) is -0.199. The van der Waals surface area contributed by atoms with Crippen molar-refractivity contribution in [2.45, 2.75) is 14.4 Å². The van der Waals surface area contributed by atoms with Gasteiger partial charge in [0.25, 0.3) is 5.91 Å². The third-order valence-electron chi connectivity index (χ3n) is 1.53. The largest absolute Gasteiger partial charge is 0.352 e. The molecule has 0 saturated heterocycles. The number of carbonyl (C=O) groups is 1. The molecule has 1 aromatic carbocycles. The number of rotatable bonds is 2. The van der Waals surface area contributed by atoms with Crippen LogP contribution >= 0.6 is 23.2 Å². The number of halogens is 2. The average molecular weight is 234 g/mol. The van der Waals surface area contributed by atoms with E-state index in [0.717, 1.165) is 0 Å². The Morgan fingerprint density at radius 1 is 1.43 bits per heavy atom. The summed E-state index contributed by atoms with van der Waals surface area (Å²) >= 11 is 11.6. The Morgan fingerprint density at radius 3 is 2.64 bits per heavy atom. The SMILES string of the molecule is C.CCNC(=O)c1cccc(Cl)c1Cl. The molecule has 14 heavy (non-hydrogen) atoms. The normalized spacial score (nSPS) is 9.07. The lowest BCUT2D eigenvalue weighted by atomic mass is 10.2. The molecule has 1 aromatic rings. The number of hydrogen-bond donors (Lipinski definition) is 1. The molecule has 0 aliphatic heterocycles. The van der Waals surface area contributed by atoms with E-state index in [2.05, 4.69) is 5.32 Å². The van der Waals surface area contributed by atoms with E-state index in [9.17, 15) is 4.79 Å². The summed E-state index contributed by atoms with van der Waals surface area (Å²) in [7, 11) is 0. The Labute approximate surface area is 94.2 Å². The minimum absolute atomic E-state index is 0. The monoisotopic (exact) mass is 233 g/mol. The lowest BCUT2D eigenvalue weighted by Crippen LogP contribution is -2.22. The zero-order chi connectivity index (χ0) is 9.84. The highest BCUT2D eigenvalue weighted by molar-refractivity contribution is 6.43. The van der Waals surface area contributed by atoms with Crippen LogP contribution in [0.3, 0.4) is 0 Å². The van der Waals surface area contributed by atoms with Crippen LogP contribution in [0.4, 0.5) is 0 Å². The fraction of sp³-hybridized carbons (Fsp3) is 0.300. The number of benzene rings is 1. The van der Waals surface area contributed by atoms with Crippen molar-refractivity contribution in [3.8, 4) is 0 Å². The van der Waals surface area contributed by atoms with E-state index in [1.807, 2.05) is 6.92 Å². The molecule has 0 aliphatic rings. The van der Waals surface area contributed by atoms with Crippen molar-refractivity contribution in [2.75, 3.05) is 6.54 Å². The molecule has 0 atom stereocenters. The summed E-state index contributed by atoms with van der Waals surface area (Å²) in [6, 6.07) is 4.98. The zero-order valence-electron chi connectivity index (χ0n) is 7.10. The van der Waals surface area contributed by atoms with Gasteiger partial charge in [-0.2, -0.15) is 0 Å². The predicted octanol–water partition coefficient (Wildman–Crippen LogP) is 3.38. The highest BCUT2D eigenvalue weighted by Gasteiger charge is 2.10. The Bertz CT molecular complexity index is 326. The molecular formula is C10H13Cl2NO. The molecular weight excluding hydrogens is 221 g/mol. The second-order valence-electron chi connectivity index (χ2n) is 2.46. The zero-order valence-corrected chi connectivity index (χ0v) is 8.62. The molecule has 78 valence electrons. The van der Waals surface area contributed by atoms with E-state index in [1.54, 1.807) is 18.2 Å². The molecule has 0 heterocycles. The van der Waals surface area contributed by atoms with Gasteiger partial charge in [-0.15, -0.1) is 0 Å². The third kappa shape index (κ3) is 2.89. The highest BCUT2D eigenvalue weighted by Crippen LogP contribution is 2.25. The van der Waals surface area contributed by atoms with E-state index in [4.69, 9.17) is 23.2 Å². The predicted molar refractivity (Wildman–Crippen MR) is 61.2 cm³/mol. The van der Waals surface area contributed by atoms with Crippen molar-refractivity contribution < 1.29 is 4.79 Å². The highest BCUT2D eigenvalue weighted by atomic mass is 35.5. The number of carbonyl (C=O) groups excluding carboxylic acids is 1. The average Bonchev–Trinajstić information content (AvgIpc) is 2.10. The number of hydrogen-bond acceptors (Lipinski definition) is 1.